The largest absolute Gasteiger partial charge is 0.464 e. The molecule has 3 aromatic rings. The highest BCUT2D eigenvalue weighted by atomic mass is 127. The molecule has 0 radical (unpaired) electrons. The molecule has 1 aromatic carbocycles. The standard InChI is InChI=1S/C13H11IN2OS/c1-8-2-4-10(17-8)7-16-12-5-3-9(14)6-11(12)15-13(16)18/h2-6H,7H2,1H3,(H,15,18). The van der Waals surface area contributed by atoms with E-state index in [4.69, 9.17) is 16.6 Å². The Morgan fingerprint density at radius 2 is 2.17 bits per heavy atom. The molecule has 0 unspecified atom stereocenters. The Morgan fingerprint density at radius 3 is 2.89 bits per heavy atom. The summed E-state index contributed by atoms with van der Waals surface area (Å²) in [5.41, 5.74) is 2.17. The van der Waals surface area contributed by atoms with Crippen LogP contribution >= 0.6 is 34.8 Å². The lowest BCUT2D eigenvalue weighted by molar-refractivity contribution is 0.471. The first-order valence-electron chi connectivity index (χ1n) is 5.57. The first kappa shape index (κ1) is 12.0. The monoisotopic (exact) mass is 370 g/mol. The average molecular weight is 370 g/mol. The van der Waals surface area contributed by atoms with Gasteiger partial charge in [-0.1, -0.05) is 0 Å². The Morgan fingerprint density at radius 1 is 1.33 bits per heavy atom. The molecule has 0 fully saturated rings. The van der Waals surface area contributed by atoms with Crippen LogP contribution < -0.4 is 0 Å². The van der Waals surface area contributed by atoms with Crippen molar-refractivity contribution in [1.29, 1.82) is 0 Å². The number of benzene rings is 1. The van der Waals surface area contributed by atoms with Gasteiger partial charge in [0.2, 0.25) is 0 Å². The first-order chi connectivity index (χ1) is 8.63. The maximum Gasteiger partial charge on any atom is 0.178 e. The molecule has 0 aliphatic heterocycles. The van der Waals surface area contributed by atoms with Gasteiger partial charge < -0.3 is 14.0 Å². The van der Waals surface area contributed by atoms with Crippen molar-refractivity contribution in [1.82, 2.24) is 9.55 Å². The maximum atomic E-state index is 5.60. The fourth-order valence-electron chi connectivity index (χ4n) is 2.02. The first-order valence-corrected chi connectivity index (χ1v) is 7.05. The number of nitrogens with one attached hydrogen (secondary N) is 1. The van der Waals surface area contributed by atoms with Crippen LogP contribution in [0.15, 0.2) is 34.7 Å². The number of nitrogens with zero attached hydrogens (tertiary/aromatic N) is 1. The van der Waals surface area contributed by atoms with Gasteiger partial charge in [-0.25, -0.2) is 0 Å². The third-order valence-electron chi connectivity index (χ3n) is 2.85. The summed E-state index contributed by atoms with van der Waals surface area (Å²) in [6.07, 6.45) is 0. The third kappa shape index (κ3) is 2.12. The van der Waals surface area contributed by atoms with Gasteiger partial charge >= 0.3 is 0 Å². The second-order valence-corrected chi connectivity index (χ2v) is 5.82. The molecule has 2 aromatic heterocycles. The van der Waals surface area contributed by atoms with Crippen LogP contribution in [0, 0.1) is 15.3 Å². The van der Waals surface area contributed by atoms with Crippen molar-refractivity contribution >= 4 is 45.8 Å². The number of rotatable bonds is 2. The minimum atomic E-state index is 0.660. The highest BCUT2D eigenvalue weighted by Gasteiger charge is 2.07. The number of aromatic nitrogens is 2. The molecular formula is C13H11IN2OS. The average Bonchev–Trinajstić information content (AvgIpc) is 2.84. The van der Waals surface area contributed by atoms with Gasteiger partial charge in [-0.2, -0.15) is 0 Å². The van der Waals surface area contributed by atoms with E-state index in [-0.39, 0.29) is 0 Å². The molecule has 0 bridgehead atoms. The third-order valence-corrected chi connectivity index (χ3v) is 3.84. The van der Waals surface area contributed by atoms with Crippen LogP contribution in [0.25, 0.3) is 11.0 Å². The van der Waals surface area contributed by atoms with Crippen molar-refractivity contribution in [3.8, 4) is 0 Å². The van der Waals surface area contributed by atoms with Crippen LogP contribution in [-0.2, 0) is 6.54 Å². The van der Waals surface area contributed by atoms with Crippen molar-refractivity contribution in [3.63, 3.8) is 0 Å². The van der Waals surface area contributed by atoms with E-state index in [9.17, 15) is 0 Å². The number of halogens is 1. The maximum absolute atomic E-state index is 5.60. The van der Waals surface area contributed by atoms with E-state index in [1.807, 2.05) is 19.1 Å². The second kappa shape index (κ2) is 4.55. The van der Waals surface area contributed by atoms with Crippen molar-refractivity contribution in [3.05, 3.63) is 50.2 Å². The molecule has 0 atom stereocenters. The number of hydrogen-bond donors (Lipinski definition) is 1. The predicted molar refractivity (Wildman–Crippen MR) is 82.4 cm³/mol. The normalized spacial score (nSPS) is 11.2. The number of H-pyrrole nitrogens is 1. The molecule has 2 heterocycles. The van der Waals surface area contributed by atoms with E-state index >= 15 is 0 Å². The molecule has 1 N–H and O–H groups in total. The fourth-order valence-corrected chi connectivity index (χ4v) is 2.78. The Hall–Kier alpha value is -1.08. The zero-order valence-electron chi connectivity index (χ0n) is 9.74. The summed E-state index contributed by atoms with van der Waals surface area (Å²) in [7, 11) is 0. The summed E-state index contributed by atoms with van der Waals surface area (Å²) in [5.74, 6) is 1.84. The summed E-state index contributed by atoms with van der Waals surface area (Å²) in [6, 6.07) is 10.2. The van der Waals surface area contributed by atoms with Crippen molar-refractivity contribution in [2.45, 2.75) is 13.5 Å². The summed E-state index contributed by atoms with van der Waals surface area (Å²) in [5, 5.41) is 0. The Bertz CT molecular complexity index is 769. The molecule has 0 aliphatic carbocycles. The van der Waals surface area contributed by atoms with Crippen LogP contribution in [0.5, 0.6) is 0 Å². The summed E-state index contributed by atoms with van der Waals surface area (Å²) in [6.45, 7) is 2.60. The van der Waals surface area contributed by atoms with Gasteiger partial charge in [-0.05, 0) is 72.1 Å². The Kier molecular flexibility index (Phi) is 3.03. The van der Waals surface area contributed by atoms with Crippen LogP contribution in [0.3, 0.4) is 0 Å². The molecule has 0 saturated heterocycles. The van der Waals surface area contributed by atoms with Crippen molar-refractivity contribution < 1.29 is 4.42 Å². The molecule has 18 heavy (non-hydrogen) atoms. The van der Waals surface area contributed by atoms with E-state index in [0.717, 1.165) is 27.3 Å². The summed E-state index contributed by atoms with van der Waals surface area (Å²) >= 11 is 7.66. The smallest absolute Gasteiger partial charge is 0.178 e. The SMILES string of the molecule is Cc1ccc(Cn2c(=S)[nH]c3cc(I)ccc32)o1. The van der Waals surface area contributed by atoms with Crippen LogP contribution in [-0.4, -0.2) is 9.55 Å². The number of hydrogen-bond acceptors (Lipinski definition) is 2. The number of aromatic amines is 1. The van der Waals surface area contributed by atoms with Crippen molar-refractivity contribution in [2.24, 2.45) is 0 Å². The molecule has 0 saturated carbocycles. The second-order valence-electron chi connectivity index (χ2n) is 4.19. The van der Waals surface area contributed by atoms with Gasteiger partial charge in [0.05, 0.1) is 17.6 Å². The number of aryl methyl sites for hydroxylation is 1. The van der Waals surface area contributed by atoms with Gasteiger partial charge in [-0.3, -0.25) is 0 Å². The van der Waals surface area contributed by atoms with Crippen molar-refractivity contribution in [2.75, 3.05) is 0 Å². The van der Waals surface area contributed by atoms with E-state index in [1.54, 1.807) is 0 Å². The van der Waals surface area contributed by atoms with E-state index in [0.29, 0.717) is 6.54 Å². The molecule has 0 spiro atoms. The zero-order chi connectivity index (χ0) is 12.7. The minimum Gasteiger partial charge on any atom is -0.464 e. The lowest BCUT2D eigenvalue weighted by Crippen LogP contribution is -1.98. The highest BCUT2D eigenvalue weighted by Crippen LogP contribution is 2.19. The summed E-state index contributed by atoms with van der Waals surface area (Å²) < 4.78 is 9.57. The summed E-state index contributed by atoms with van der Waals surface area (Å²) in [4.78, 5) is 3.23. The quantitative estimate of drug-likeness (QED) is 0.541. The molecule has 0 amide bonds. The van der Waals surface area contributed by atoms with Gasteiger partial charge in [-0.15, -0.1) is 0 Å². The Balaban J connectivity index is 2.11. The molecular weight excluding hydrogens is 359 g/mol. The number of fused-ring (bicyclic) bond motifs is 1. The number of furan rings is 1. The van der Waals surface area contributed by atoms with Crippen LogP contribution in [0.1, 0.15) is 11.5 Å². The molecule has 3 rings (SSSR count). The topological polar surface area (TPSA) is 33.9 Å². The highest BCUT2D eigenvalue weighted by molar-refractivity contribution is 14.1. The fraction of sp³-hybridized carbons (Fsp3) is 0.154. The van der Waals surface area contributed by atoms with Crippen LogP contribution in [0.2, 0.25) is 0 Å². The Labute approximate surface area is 123 Å². The van der Waals surface area contributed by atoms with E-state index in [2.05, 4.69) is 50.3 Å². The van der Waals surface area contributed by atoms with E-state index in [1.165, 1.54) is 3.57 Å². The minimum absolute atomic E-state index is 0.660. The molecule has 92 valence electrons. The van der Waals surface area contributed by atoms with Gasteiger partial charge in [0.25, 0.3) is 0 Å². The van der Waals surface area contributed by atoms with E-state index < -0.39 is 0 Å². The lowest BCUT2D eigenvalue weighted by Gasteiger charge is -2.01. The van der Waals surface area contributed by atoms with Gasteiger partial charge in [0.15, 0.2) is 4.77 Å². The van der Waals surface area contributed by atoms with Gasteiger partial charge in [0, 0.05) is 3.57 Å². The number of imidazole rings is 1. The molecule has 5 heteroatoms. The predicted octanol–water partition coefficient (Wildman–Crippen LogP) is 4.25. The van der Waals surface area contributed by atoms with Gasteiger partial charge in [0.1, 0.15) is 11.5 Å². The zero-order valence-corrected chi connectivity index (χ0v) is 12.7. The molecule has 3 nitrogen and oxygen atoms in total. The molecule has 0 aliphatic rings. The van der Waals surface area contributed by atoms with Crippen LogP contribution in [0.4, 0.5) is 0 Å². The lowest BCUT2D eigenvalue weighted by atomic mass is 10.3.